The van der Waals surface area contributed by atoms with Crippen LogP contribution in [0.4, 0.5) is 5.95 Å². The van der Waals surface area contributed by atoms with Crippen molar-refractivity contribution >= 4 is 11.6 Å². The summed E-state index contributed by atoms with van der Waals surface area (Å²) in [7, 11) is 0. The van der Waals surface area contributed by atoms with E-state index in [1.54, 1.807) is 4.52 Å². The fourth-order valence-electron chi connectivity index (χ4n) is 2.08. The van der Waals surface area contributed by atoms with Crippen LogP contribution in [0.5, 0.6) is 0 Å². The number of pyridine rings is 1. The van der Waals surface area contributed by atoms with Crippen molar-refractivity contribution in [2.75, 3.05) is 5.32 Å². The molecule has 0 aromatic carbocycles. The zero-order valence-corrected chi connectivity index (χ0v) is 9.64. The minimum absolute atomic E-state index is 0.102. The molecule has 3 rings (SSSR count). The standard InChI is InChI=1S/C12H16N4/c1-12(2,9-6-7-9)14-11-13-10-5-3-4-8-16(10)15-11/h3-5,8-9H,6-7H2,1-2H3,(H,14,15). The summed E-state index contributed by atoms with van der Waals surface area (Å²) in [5, 5.41) is 7.83. The molecule has 0 unspecified atom stereocenters. The van der Waals surface area contributed by atoms with Gasteiger partial charge in [-0.3, -0.25) is 0 Å². The largest absolute Gasteiger partial charge is 0.348 e. The number of hydrogen-bond donors (Lipinski definition) is 1. The highest BCUT2D eigenvalue weighted by Crippen LogP contribution is 2.40. The molecule has 4 nitrogen and oxygen atoms in total. The normalized spacial score (nSPS) is 16.6. The maximum Gasteiger partial charge on any atom is 0.243 e. The van der Waals surface area contributed by atoms with E-state index in [0.29, 0.717) is 0 Å². The highest BCUT2D eigenvalue weighted by atomic mass is 15.4. The summed E-state index contributed by atoms with van der Waals surface area (Å²) in [6.07, 6.45) is 4.54. The summed E-state index contributed by atoms with van der Waals surface area (Å²) >= 11 is 0. The summed E-state index contributed by atoms with van der Waals surface area (Å²) in [4.78, 5) is 4.45. The molecule has 2 aromatic rings. The van der Waals surface area contributed by atoms with Crippen LogP contribution < -0.4 is 5.32 Å². The van der Waals surface area contributed by atoms with Gasteiger partial charge in [0, 0.05) is 11.7 Å². The lowest BCUT2D eigenvalue weighted by Gasteiger charge is -2.24. The van der Waals surface area contributed by atoms with Crippen LogP contribution in [-0.4, -0.2) is 20.1 Å². The molecule has 1 aliphatic rings. The lowest BCUT2D eigenvalue weighted by molar-refractivity contribution is 0.490. The van der Waals surface area contributed by atoms with Gasteiger partial charge in [0.1, 0.15) is 0 Å². The molecule has 0 amide bonds. The number of anilines is 1. The Balaban J connectivity index is 1.88. The van der Waals surface area contributed by atoms with Gasteiger partial charge in [-0.2, -0.15) is 4.98 Å². The Bertz CT molecular complexity index is 477. The fraction of sp³-hybridized carbons (Fsp3) is 0.500. The van der Waals surface area contributed by atoms with Crippen LogP contribution in [0.15, 0.2) is 24.4 Å². The third kappa shape index (κ3) is 1.64. The fourth-order valence-corrected chi connectivity index (χ4v) is 2.08. The van der Waals surface area contributed by atoms with Gasteiger partial charge < -0.3 is 5.32 Å². The van der Waals surface area contributed by atoms with Crippen LogP contribution in [0.3, 0.4) is 0 Å². The molecule has 16 heavy (non-hydrogen) atoms. The maximum absolute atomic E-state index is 4.45. The Labute approximate surface area is 94.7 Å². The van der Waals surface area contributed by atoms with Crippen molar-refractivity contribution in [2.45, 2.75) is 32.2 Å². The van der Waals surface area contributed by atoms with Gasteiger partial charge >= 0.3 is 0 Å². The number of hydrogen-bond acceptors (Lipinski definition) is 3. The van der Waals surface area contributed by atoms with Crippen molar-refractivity contribution in [3.63, 3.8) is 0 Å². The molecule has 1 aliphatic carbocycles. The average molecular weight is 216 g/mol. The van der Waals surface area contributed by atoms with Gasteiger partial charge in [-0.25, -0.2) is 4.52 Å². The molecule has 1 fully saturated rings. The van der Waals surface area contributed by atoms with Crippen molar-refractivity contribution < 1.29 is 0 Å². The monoisotopic (exact) mass is 216 g/mol. The van der Waals surface area contributed by atoms with Crippen molar-refractivity contribution in [1.29, 1.82) is 0 Å². The van der Waals surface area contributed by atoms with Gasteiger partial charge in [0.15, 0.2) is 5.65 Å². The van der Waals surface area contributed by atoms with E-state index in [1.165, 1.54) is 12.8 Å². The van der Waals surface area contributed by atoms with Crippen LogP contribution in [-0.2, 0) is 0 Å². The second-order valence-electron chi connectivity index (χ2n) is 5.06. The molecule has 0 radical (unpaired) electrons. The first-order valence-electron chi connectivity index (χ1n) is 5.75. The Morgan fingerprint density at radius 2 is 2.19 bits per heavy atom. The minimum atomic E-state index is 0.102. The Morgan fingerprint density at radius 3 is 2.88 bits per heavy atom. The van der Waals surface area contributed by atoms with Crippen LogP contribution >= 0.6 is 0 Å². The van der Waals surface area contributed by atoms with Gasteiger partial charge in [-0.15, -0.1) is 5.10 Å². The molecule has 0 saturated heterocycles. The van der Waals surface area contributed by atoms with Crippen LogP contribution in [0.1, 0.15) is 26.7 Å². The molecule has 2 heterocycles. The Hall–Kier alpha value is -1.58. The van der Waals surface area contributed by atoms with Gasteiger partial charge in [0.2, 0.25) is 5.95 Å². The van der Waals surface area contributed by atoms with Crippen LogP contribution in [0, 0.1) is 5.92 Å². The summed E-state index contributed by atoms with van der Waals surface area (Å²) in [5.41, 5.74) is 0.988. The van der Waals surface area contributed by atoms with Crippen molar-refractivity contribution in [2.24, 2.45) is 5.92 Å². The summed E-state index contributed by atoms with van der Waals surface area (Å²) in [6, 6.07) is 5.89. The van der Waals surface area contributed by atoms with Crippen LogP contribution in [0.2, 0.25) is 0 Å². The van der Waals surface area contributed by atoms with Gasteiger partial charge in [-0.05, 0) is 44.7 Å². The second-order valence-corrected chi connectivity index (χ2v) is 5.06. The topological polar surface area (TPSA) is 42.2 Å². The minimum Gasteiger partial charge on any atom is -0.348 e. The number of rotatable bonds is 3. The second kappa shape index (κ2) is 3.20. The van der Waals surface area contributed by atoms with Crippen LogP contribution in [0.25, 0.3) is 5.65 Å². The quantitative estimate of drug-likeness (QED) is 0.856. The van der Waals surface area contributed by atoms with E-state index in [9.17, 15) is 0 Å². The smallest absolute Gasteiger partial charge is 0.243 e. The van der Waals surface area contributed by atoms with E-state index in [0.717, 1.165) is 17.5 Å². The predicted molar refractivity (Wildman–Crippen MR) is 63.4 cm³/mol. The van der Waals surface area contributed by atoms with E-state index >= 15 is 0 Å². The summed E-state index contributed by atoms with van der Waals surface area (Å²) < 4.78 is 1.80. The molecule has 4 heteroatoms. The molecule has 1 N–H and O–H groups in total. The first-order chi connectivity index (χ1) is 7.65. The van der Waals surface area contributed by atoms with E-state index in [-0.39, 0.29) is 5.54 Å². The third-order valence-corrected chi connectivity index (χ3v) is 3.27. The zero-order valence-electron chi connectivity index (χ0n) is 9.64. The number of nitrogens with one attached hydrogen (secondary N) is 1. The van der Waals surface area contributed by atoms with Crippen molar-refractivity contribution in [3.8, 4) is 0 Å². The zero-order chi connectivity index (χ0) is 11.2. The number of aromatic nitrogens is 3. The summed E-state index contributed by atoms with van der Waals surface area (Å²) in [5.74, 6) is 1.49. The highest BCUT2D eigenvalue weighted by molar-refractivity contribution is 5.44. The Kier molecular flexibility index (Phi) is 1.93. The molecular weight excluding hydrogens is 200 g/mol. The Morgan fingerprint density at radius 1 is 1.38 bits per heavy atom. The number of nitrogens with zero attached hydrogens (tertiary/aromatic N) is 3. The average Bonchev–Trinajstić information content (AvgIpc) is 3.00. The lowest BCUT2D eigenvalue weighted by atomic mass is 9.99. The van der Waals surface area contributed by atoms with Gasteiger partial charge in [0.05, 0.1) is 0 Å². The predicted octanol–water partition coefficient (Wildman–Crippen LogP) is 2.33. The molecule has 0 atom stereocenters. The SMILES string of the molecule is CC(C)(Nc1nc2ccccn2n1)C1CC1. The summed E-state index contributed by atoms with van der Waals surface area (Å²) in [6.45, 7) is 4.44. The van der Waals surface area contributed by atoms with E-state index in [1.807, 2.05) is 24.4 Å². The molecule has 1 saturated carbocycles. The van der Waals surface area contributed by atoms with E-state index < -0.39 is 0 Å². The molecule has 0 spiro atoms. The lowest BCUT2D eigenvalue weighted by Crippen LogP contribution is -2.33. The molecule has 0 aliphatic heterocycles. The molecule has 2 aromatic heterocycles. The molecular formula is C12H16N4. The van der Waals surface area contributed by atoms with Gasteiger partial charge in [-0.1, -0.05) is 6.07 Å². The first-order valence-corrected chi connectivity index (χ1v) is 5.75. The maximum atomic E-state index is 4.45. The molecule has 84 valence electrons. The third-order valence-electron chi connectivity index (χ3n) is 3.27. The highest BCUT2D eigenvalue weighted by Gasteiger charge is 2.38. The first kappa shape index (κ1) is 9.63. The van der Waals surface area contributed by atoms with Crippen molar-refractivity contribution in [3.05, 3.63) is 24.4 Å². The molecule has 0 bridgehead atoms. The van der Waals surface area contributed by atoms with E-state index in [2.05, 4.69) is 29.2 Å². The number of fused-ring (bicyclic) bond motifs is 1. The van der Waals surface area contributed by atoms with Gasteiger partial charge in [0.25, 0.3) is 0 Å². The van der Waals surface area contributed by atoms with Crippen molar-refractivity contribution in [1.82, 2.24) is 14.6 Å². The van der Waals surface area contributed by atoms with E-state index in [4.69, 9.17) is 0 Å².